The molecule has 18 heavy (non-hydrogen) atoms. The van der Waals surface area contributed by atoms with Crippen LogP contribution < -0.4 is 10.2 Å². The minimum Gasteiger partial charge on any atom is -0.360 e. The lowest BCUT2D eigenvalue weighted by Crippen LogP contribution is -2.57. The van der Waals surface area contributed by atoms with Crippen molar-refractivity contribution in [1.82, 2.24) is 5.32 Å². The van der Waals surface area contributed by atoms with Crippen molar-refractivity contribution in [3.05, 3.63) is 31.9 Å². The quantitative estimate of drug-likeness (QED) is 0.497. The van der Waals surface area contributed by atoms with Crippen molar-refractivity contribution in [2.75, 3.05) is 24.5 Å². The highest BCUT2D eigenvalue weighted by Gasteiger charge is 2.28. The standard InChI is InChI=1S/C12H16IN3O2/c1-2-5-15(10-7-14-8-10)11-4-3-9(13)6-12(11)16(17)18/h3-4,6,10,14H,2,5,7-8H2,1H3. The summed E-state index contributed by atoms with van der Waals surface area (Å²) in [5.74, 6) is 0. The fourth-order valence-corrected chi connectivity index (χ4v) is 2.59. The number of benzene rings is 1. The van der Waals surface area contributed by atoms with E-state index in [1.807, 2.05) is 12.1 Å². The molecule has 1 N–H and O–H groups in total. The van der Waals surface area contributed by atoms with E-state index < -0.39 is 0 Å². The summed E-state index contributed by atoms with van der Waals surface area (Å²) in [6.45, 7) is 4.76. The molecule has 0 bridgehead atoms. The number of nitro benzene ring substituents is 1. The van der Waals surface area contributed by atoms with Crippen LogP contribution in [0.15, 0.2) is 18.2 Å². The van der Waals surface area contributed by atoms with Gasteiger partial charge in [-0.05, 0) is 41.1 Å². The number of hydrogen-bond acceptors (Lipinski definition) is 4. The van der Waals surface area contributed by atoms with Crippen molar-refractivity contribution in [2.24, 2.45) is 0 Å². The van der Waals surface area contributed by atoms with Crippen LogP contribution in [0.3, 0.4) is 0 Å². The zero-order chi connectivity index (χ0) is 13.1. The Morgan fingerprint density at radius 2 is 2.28 bits per heavy atom. The van der Waals surface area contributed by atoms with Gasteiger partial charge in [0.1, 0.15) is 5.69 Å². The molecule has 1 aromatic rings. The fraction of sp³-hybridized carbons (Fsp3) is 0.500. The number of hydrogen-bond donors (Lipinski definition) is 1. The smallest absolute Gasteiger partial charge is 0.293 e. The third kappa shape index (κ3) is 2.74. The predicted octanol–water partition coefficient (Wildman–Crippen LogP) is 2.39. The first-order chi connectivity index (χ1) is 8.63. The van der Waals surface area contributed by atoms with E-state index in [1.165, 1.54) is 0 Å². The molecule has 1 fully saturated rings. The van der Waals surface area contributed by atoms with Crippen LogP contribution in [0.2, 0.25) is 0 Å². The summed E-state index contributed by atoms with van der Waals surface area (Å²) in [5.41, 5.74) is 0.955. The van der Waals surface area contributed by atoms with Gasteiger partial charge < -0.3 is 10.2 Å². The average molecular weight is 361 g/mol. The van der Waals surface area contributed by atoms with Gasteiger partial charge in [-0.2, -0.15) is 0 Å². The molecule has 0 atom stereocenters. The zero-order valence-corrected chi connectivity index (χ0v) is 12.4. The van der Waals surface area contributed by atoms with E-state index in [4.69, 9.17) is 0 Å². The highest BCUT2D eigenvalue weighted by molar-refractivity contribution is 14.1. The Morgan fingerprint density at radius 3 is 2.78 bits per heavy atom. The van der Waals surface area contributed by atoms with Crippen molar-refractivity contribution in [3.8, 4) is 0 Å². The second-order valence-electron chi connectivity index (χ2n) is 4.40. The minimum absolute atomic E-state index is 0.210. The Morgan fingerprint density at radius 1 is 1.56 bits per heavy atom. The summed E-state index contributed by atoms with van der Waals surface area (Å²) in [4.78, 5) is 13.0. The van der Waals surface area contributed by atoms with Gasteiger partial charge in [0.2, 0.25) is 0 Å². The van der Waals surface area contributed by atoms with Crippen LogP contribution in [0.1, 0.15) is 13.3 Å². The normalized spacial score (nSPS) is 15.2. The molecule has 0 aromatic heterocycles. The lowest BCUT2D eigenvalue weighted by atomic mass is 10.1. The summed E-state index contributed by atoms with van der Waals surface area (Å²) < 4.78 is 0.895. The Bertz CT molecular complexity index is 449. The highest BCUT2D eigenvalue weighted by atomic mass is 127. The molecule has 0 radical (unpaired) electrons. The van der Waals surface area contributed by atoms with Crippen LogP contribution in [0, 0.1) is 13.7 Å². The maximum Gasteiger partial charge on any atom is 0.293 e. The lowest BCUT2D eigenvalue weighted by Gasteiger charge is -2.39. The molecule has 5 nitrogen and oxygen atoms in total. The van der Waals surface area contributed by atoms with Gasteiger partial charge in [-0.3, -0.25) is 10.1 Å². The first-order valence-corrected chi connectivity index (χ1v) is 7.12. The molecule has 1 saturated heterocycles. The van der Waals surface area contributed by atoms with E-state index in [0.29, 0.717) is 6.04 Å². The predicted molar refractivity (Wildman–Crippen MR) is 80.1 cm³/mol. The summed E-state index contributed by atoms with van der Waals surface area (Å²) in [7, 11) is 0. The topological polar surface area (TPSA) is 58.4 Å². The molecule has 1 aliphatic rings. The monoisotopic (exact) mass is 361 g/mol. The first-order valence-electron chi connectivity index (χ1n) is 6.04. The second kappa shape index (κ2) is 5.83. The lowest BCUT2D eigenvalue weighted by molar-refractivity contribution is -0.384. The molecule has 1 aliphatic heterocycles. The molecular formula is C12H16IN3O2. The summed E-state index contributed by atoms with van der Waals surface area (Å²) in [6.07, 6.45) is 0.986. The third-order valence-electron chi connectivity index (χ3n) is 3.11. The molecule has 0 unspecified atom stereocenters. The molecule has 0 spiro atoms. The van der Waals surface area contributed by atoms with Crippen LogP contribution in [0.25, 0.3) is 0 Å². The van der Waals surface area contributed by atoms with Crippen LogP contribution >= 0.6 is 22.6 Å². The molecular weight excluding hydrogens is 345 g/mol. The number of nitrogens with zero attached hydrogens (tertiary/aromatic N) is 2. The largest absolute Gasteiger partial charge is 0.360 e. The number of halogens is 1. The molecule has 6 heteroatoms. The number of nitro groups is 1. The zero-order valence-electron chi connectivity index (χ0n) is 10.2. The van der Waals surface area contributed by atoms with Crippen LogP contribution in [-0.2, 0) is 0 Å². The van der Waals surface area contributed by atoms with Crippen LogP contribution in [-0.4, -0.2) is 30.6 Å². The van der Waals surface area contributed by atoms with E-state index in [2.05, 4.69) is 39.7 Å². The molecule has 98 valence electrons. The molecule has 0 aliphatic carbocycles. The molecule has 2 rings (SSSR count). The highest BCUT2D eigenvalue weighted by Crippen LogP contribution is 2.31. The van der Waals surface area contributed by atoms with E-state index in [1.54, 1.807) is 6.07 Å². The van der Waals surface area contributed by atoms with Gasteiger partial charge in [-0.25, -0.2) is 0 Å². The number of nitrogens with one attached hydrogen (secondary N) is 1. The molecule has 1 heterocycles. The minimum atomic E-state index is -0.285. The summed E-state index contributed by atoms with van der Waals surface area (Å²) >= 11 is 2.11. The molecule has 0 amide bonds. The fourth-order valence-electron chi connectivity index (χ4n) is 2.12. The van der Waals surface area contributed by atoms with E-state index in [0.717, 1.165) is 35.3 Å². The van der Waals surface area contributed by atoms with Gasteiger partial charge in [-0.15, -0.1) is 0 Å². The third-order valence-corrected chi connectivity index (χ3v) is 3.78. The SMILES string of the molecule is CCCN(c1ccc(I)cc1[N+](=O)[O-])C1CNC1. The van der Waals surface area contributed by atoms with E-state index >= 15 is 0 Å². The second-order valence-corrected chi connectivity index (χ2v) is 5.64. The van der Waals surface area contributed by atoms with Gasteiger partial charge in [-0.1, -0.05) is 6.92 Å². The van der Waals surface area contributed by atoms with E-state index in [-0.39, 0.29) is 10.6 Å². The van der Waals surface area contributed by atoms with Crippen LogP contribution in [0.4, 0.5) is 11.4 Å². The van der Waals surface area contributed by atoms with Gasteiger partial charge >= 0.3 is 0 Å². The Hall–Kier alpha value is -0.890. The number of anilines is 1. The van der Waals surface area contributed by atoms with Gasteiger partial charge in [0, 0.05) is 29.3 Å². The molecule has 0 saturated carbocycles. The summed E-state index contributed by atoms with van der Waals surface area (Å²) in [5, 5.41) is 14.4. The molecule has 1 aromatic carbocycles. The van der Waals surface area contributed by atoms with Crippen molar-refractivity contribution >= 4 is 34.0 Å². The Labute approximate surface area is 120 Å². The number of rotatable bonds is 5. The van der Waals surface area contributed by atoms with E-state index in [9.17, 15) is 10.1 Å². The van der Waals surface area contributed by atoms with Gasteiger partial charge in [0.05, 0.1) is 11.0 Å². The van der Waals surface area contributed by atoms with Gasteiger partial charge in [0.15, 0.2) is 0 Å². The van der Waals surface area contributed by atoms with Gasteiger partial charge in [0.25, 0.3) is 5.69 Å². The van der Waals surface area contributed by atoms with Crippen LogP contribution in [0.5, 0.6) is 0 Å². The van der Waals surface area contributed by atoms with Crippen molar-refractivity contribution in [2.45, 2.75) is 19.4 Å². The van der Waals surface area contributed by atoms with Crippen molar-refractivity contribution in [1.29, 1.82) is 0 Å². The first kappa shape index (κ1) is 13.5. The van der Waals surface area contributed by atoms with Crippen molar-refractivity contribution in [3.63, 3.8) is 0 Å². The Balaban J connectivity index is 2.36. The Kier molecular flexibility index (Phi) is 4.39. The maximum atomic E-state index is 11.2. The van der Waals surface area contributed by atoms with Crippen molar-refractivity contribution < 1.29 is 4.92 Å². The maximum absolute atomic E-state index is 11.2. The summed E-state index contributed by atoms with van der Waals surface area (Å²) in [6, 6.07) is 5.82. The average Bonchev–Trinajstić information content (AvgIpc) is 2.26.